The van der Waals surface area contributed by atoms with Gasteiger partial charge in [0.15, 0.2) is 11.5 Å². The predicted octanol–water partition coefficient (Wildman–Crippen LogP) is 3.56. The third-order valence-electron chi connectivity index (χ3n) is 3.32. The van der Waals surface area contributed by atoms with Crippen LogP contribution in [0.2, 0.25) is 0 Å². The van der Waals surface area contributed by atoms with Gasteiger partial charge in [0.1, 0.15) is 0 Å². The molecule has 0 saturated heterocycles. The highest BCUT2D eigenvalue weighted by Crippen LogP contribution is 2.32. The van der Waals surface area contributed by atoms with E-state index in [0.29, 0.717) is 11.5 Å². The first-order valence-electron chi connectivity index (χ1n) is 6.65. The first-order valence-corrected chi connectivity index (χ1v) is 6.65. The monoisotopic (exact) mass is 280 g/mol. The summed E-state index contributed by atoms with van der Waals surface area (Å²) in [5, 5.41) is 4.41. The standard InChI is InChI=1S/C17H16N2O2/c1-20-16-9-8-13(12-17(16)21-2)15-10-11-18-19(15)14-6-4-3-5-7-14/h3-12H,1-2H3. The van der Waals surface area contributed by atoms with Crippen LogP contribution >= 0.6 is 0 Å². The number of aromatic nitrogens is 2. The molecule has 0 fully saturated rings. The molecule has 106 valence electrons. The third kappa shape index (κ3) is 2.48. The number of methoxy groups -OCH3 is 2. The number of hydrogen-bond acceptors (Lipinski definition) is 3. The molecule has 0 unspecified atom stereocenters. The summed E-state index contributed by atoms with van der Waals surface area (Å²) in [6, 6.07) is 17.9. The van der Waals surface area contributed by atoms with Crippen LogP contribution in [0.1, 0.15) is 0 Å². The number of hydrogen-bond donors (Lipinski definition) is 0. The first-order chi connectivity index (χ1) is 10.3. The van der Waals surface area contributed by atoms with E-state index in [-0.39, 0.29) is 0 Å². The zero-order valence-electron chi connectivity index (χ0n) is 12.0. The van der Waals surface area contributed by atoms with E-state index in [2.05, 4.69) is 5.10 Å². The number of rotatable bonds is 4. The van der Waals surface area contributed by atoms with E-state index in [9.17, 15) is 0 Å². The molecule has 0 aliphatic carbocycles. The van der Waals surface area contributed by atoms with Crippen LogP contribution in [0, 0.1) is 0 Å². The number of ether oxygens (including phenoxy) is 2. The zero-order chi connectivity index (χ0) is 14.7. The molecule has 1 heterocycles. The van der Waals surface area contributed by atoms with Crippen molar-refractivity contribution >= 4 is 0 Å². The molecule has 0 bridgehead atoms. The Morgan fingerprint density at radius 2 is 1.62 bits per heavy atom. The molecule has 4 heteroatoms. The Morgan fingerprint density at radius 1 is 0.857 bits per heavy atom. The van der Waals surface area contributed by atoms with E-state index in [1.54, 1.807) is 20.4 Å². The molecule has 0 saturated carbocycles. The smallest absolute Gasteiger partial charge is 0.161 e. The number of para-hydroxylation sites is 1. The fourth-order valence-corrected chi connectivity index (χ4v) is 2.29. The summed E-state index contributed by atoms with van der Waals surface area (Å²) in [6.45, 7) is 0. The molecule has 2 aromatic carbocycles. The second kappa shape index (κ2) is 5.71. The van der Waals surface area contributed by atoms with Crippen molar-refractivity contribution in [1.29, 1.82) is 0 Å². The van der Waals surface area contributed by atoms with E-state index in [1.165, 1.54) is 0 Å². The molecule has 1 aromatic heterocycles. The molecule has 0 atom stereocenters. The lowest BCUT2D eigenvalue weighted by Gasteiger charge is -2.11. The van der Waals surface area contributed by atoms with E-state index in [0.717, 1.165) is 16.9 Å². The quantitative estimate of drug-likeness (QED) is 0.733. The van der Waals surface area contributed by atoms with Crippen LogP contribution in [0.4, 0.5) is 0 Å². The predicted molar refractivity (Wildman–Crippen MR) is 82.1 cm³/mol. The molecule has 0 amide bonds. The van der Waals surface area contributed by atoms with Gasteiger partial charge in [-0.1, -0.05) is 18.2 Å². The minimum Gasteiger partial charge on any atom is -0.493 e. The lowest BCUT2D eigenvalue weighted by Crippen LogP contribution is -1.99. The second-order valence-electron chi connectivity index (χ2n) is 4.53. The average Bonchev–Trinajstić information content (AvgIpc) is 3.04. The maximum Gasteiger partial charge on any atom is 0.161 e. The van der Waals surface area contributed by atoms with Gasteiger partial charge < -0.3 is 9.47 Å². The van der Waals surface area contributed by atoms with Crippen LogP contribution < -0.4 is 9.47 Å². The van der Waals surface area contributed by atoms with Gasteiger partial charge in [0.25, 0.3) is 0 Å². The Kier molecular flexibility index (Phi) is 3.60. The highest BCUT2D eigenvalue weighted by Gasteiger charge is 2.10. The van der Waals surface area contributed by atoms with Gasteiger partial charge in [-0.3, -0.25) is 0 Å². The van der Waals surface area contributed by atoms with Gasteiger partial charge in [0.05, 0.1) is 31.8 Å². The summed E-state index contributed by atoms with van der Waals surface area (Å²) in [7, 11) is 3.27. The maximum absolute atomic E-state index is 5.37. The minimum absolute atomic E-state index is 0.704. The van der Waals surface area contributed by atoms with Crippen molar-refractivity contribution in [3.05, 3.63) is 60.8 Å². The summed E-state index contributed by atoms with van der Waals surface area (Å²) in [6.07, 6.45) is 1.79. The Morgan fingerprint density at radius 3 is 2.33 bits per heavy atom. The Balaban J connectivity index is 2.08. The Labute approximate surface area is 123 Å². The molecular weight excluding hydrogens is 264 g/mol. The van der Waals surface area contributed by atoms with Gasteiger partial charge in [-0.05, 0) is 36.4 Å². The third-order valence-corrected chi connectivity index (χ3v) is 3.32. The molecule has 0 aliphatic rings. The van der Waals surface area contributed by atoms with Crippen LogP contribution in [0.25, 0.3) is 16.9 Å². The summed E-state index contributed by atoms with van der Waals surface area (Å²) < 4.78 is 12.5. The van der Waals surface area contributed by atoms with Crippen molar-refractivity contribution in [2.75, 3.05) is 14.2 Å². The lowest BCUT2D eigenvalue weighted by atomic mass is 10.1. The summed E-state index contributed by atoms with van der Waals surface area (Å²) in [5.74, 6) is 1.42. The second-order valence-corrected chi connectivity index (χ2v) is 4.53. The van der Waals surface area contributed by atoms with Crippen molar-refractivity contribution in [2.24, 2.45) is 0 Å². The van der Waals surface area contributed by atoms with Crippen LogP contribution in [0.15, 0.2) is 60.8 Å². The normalized spacial score (nSPS) is 10.4. The summed E-state index contributed by atoms with van der Waals surface area (Å²) in [4.78, 5) is 0. The Bertz CT molecular complexity index is 736. The fraction of sp³-hybridized carbons (Fsp3) is 0.118. The van der Waals surface area contributed by atoms with Crippen molar-refractivity contribution < 1.29 is 9.47 Å². The molecule has 3 rings (SSSR count). The summed E-state index contributed by atoms with van der Waals surface area (Å²) in [5.41, 5.74) is 3.04. The van der Waals surface area contributed by atoms with Gasteiger partial charge in [0, 0.05) is 5.56 Å². The molecule has 4 nitrogen and oxygen atoms in total. The van der Waals surface area contributed by atoms with E-state index >= 15 is 0 Å². The van der Waals surface area contributed by atoms with Crippen molar-refractivity contribution in [3.63, 3.8) is 0 Å². The Hall–Kier alpha value is -2.75. The largest absolute Gasteiger partial charge is 0.493 e. The number of nitrogens with zero attached hydrogens (tertiary/aromatic N) is 2. The van der Waals surface area contributed by atoms with Gasteiger partial charge in [0.2, 0.25) is 0 Å². The highest BCUT2D eigenvalue weighted by atomic mass is 16.5. The van der Waals surface area contributed by atoms with Crippen LogP contribution in [-0.4, -0.2) is 24.0 Å². The molecule has 0 spiro atoms. The molecule has 3 aromatic rings. The van der Waals surface area contributed by atoms with E-state index < -0.39 is 0 Å². The van der Waals surface area contributed by atoms with Crippen LogP contribution in [-0.2, 0) is 0 Å². The SMILES string of the molecule is COc1ccc(-c2ccnn2-c2ccccc2)cc1OC. The van der Waals surface area contributed by atoms with Gasteiger partial charge in [-0.2, -0.15) is 5.10 Å². The molecule has 0 aliphatic heterocycles. The average molecular weight is 280 g/mol. The van der Waals surface area contributed by atoms with Gasteiger partial charge in [-0.25, -0.2) is 4.68 Å². The topological polar surface area (TPSA) is 36.3 Å². The maximum atomic E-state index is 5.37. The van der Waals surface area contributed by atoms with Gasteiger partial charge in [-0.15, -0.1) is 0 Å². The lowest BCUT2D eigenvalue weighted by molar-refractivity contribution is 0.355. The van der Waals surface area contributed by atoms with E-state index in [1.807, 2.05) is 59.3 Å². The fourth-order valence-electron chi connectivity index (χ4n) is 2.29. The number of benzene rings is 2. The minimum atomic E-state index is 0.704. The molecule has 21 heavy (non-hydrogen) atoms. The van der Waals surface area contributed by atoms with E-state index in [4.69, 9.17) is 9.47 Å². The summed E-state index contributed by atoms with van der Waals surface area (Å²) >= 11 is 0. The van der Waals surface area contributed by atoms with Crippen molar-refractivity contribution in [2.45, 2.75) is 0 Å². The van der Waals surface area contributed by atoms with Gasteiger partial charge >= 0.3 is 0 Å². The molecule has 0 radical (unpaired) electrons. The highest BCUT2D eigenvalue weighted by molar-refractivity contribution is 5.66. The van der Waals surface area contributed by atoms with Crippen molar-refractivity contribution in [3.8, 4) is 28.4 Å². The van der Waals surface area contributed by atoms with Crippen LogP contribution in [0.3, 0.4) is 0 Å². The first kappa shape index (κ1) is 13.2. The zero-order valence-corrected chi connectivity index (χ0v) is 12.0. The molecule has 0 N–H and O–H groups in total. The van der Waals surface area contributed by atoms with Crippen molar-refractivity contribution in [1.82, 2.24) is 9.78 Å². The van der Waals surface area contributed by atoms with Crippen LogP contribution in [0.5, 0.6) is 11.5 Å². The molecular formula is C17H16N2O2.